The highest BCUT2D eigenvalue weighted by Gasteiger charge is 2.61. The molecule has 3 heteroatoms. The van der Waals surface area contributed by atoms with Crippen LogP contribution in [-0.2, 0) is 4.79 Å². The minimum Gasteiger partial charge on any atom is -0.353 e. The second kappa shape index (κ2) is 5.81. The van der Waals surface area contributed by atoms with Gasteiger partial charge in [0.05, 0.1) is 0 Å². The Labute approximate surface area is 136 Å². The summed E-state index contributed by atoms with van der Waals surface area (Å²) in [7, 11) is 0. The smallest absolute Gasteiger partial charge is 0.220 e. The summed E-state index contributed by atoms with van der Waals surface area (Å²) in [5.74, 6) is 2.32. The number of carbonyl (C=O) groups is 1. The molecular weight excluding hydrogens is 272 g/mol. The molecule has 22 heavy (non-hydrogen) atoms. The van der Waals surface area contributed by atoms with Crippen LogP contribution in [0.2, 0.25) is 0 Å². The van der Waals surface area contributed by atoms with Gasteiger partial charge in [-0.2, -0.15) is 0 Å². The van der Waals surface area contributed by atoms with Gasteiger partial charge >= 0.3 is 0 Å². The van der Waals surface area contributed by atoms with Gasteiger partial charge in [0, 0.05) is 12.5 Å². The fourth-order valence-electron chi connectivity index (χ4n) is 5.55. The topological polar surface area (TPSA) is 41.1 Å². The quantitative estimate of drug-likeness (QED) is 0.836. The number of amides is 1. The molecule has 4 atom stereocenters. The van der Waals surface area contributed by atoms with E-state index in [1.165, 1.54) is 32.1 Å². The highest BCUT2D eigenvalue weighted by molar-refractivity contribution is 5.76. The van der Waals surface area contributed by atoms with Gasteiger partial charge in [-0.25, -0.2) is 0 Å². The van der Waals surface area contributed by atoms with Gasteiger partial charge in [-0.3, -0.25) is 4.79 Å². The van der Waals surface area contributed by atoms with Crippen LogP contribution < -0.4 is 10.6 Å². The third-order valence-corrected chi connectivity index (χ3v) is 7.83. The fourth-order valence-corrected chi connectivity index (χ4v) is 5.55. The lowest BCUT2D eigenvalue weighted by molar-refractivity contribution is -0.124. The summed E-state index contributed by atoms with van der Waals surface area (Å²) in [4.78, 5) is 12.6. The van der Waals surface area contributed by atoms with Crippen molar-refractivity contribution in [3.63, 3.8) is 0 Å². The first-order valence-corrected chi connectivity index (χ1v) is 9.34. The average Bonchev–Trinajstić information content (AvgIpc) is 2.81. The van der Waals surface area contributed by atoms with Crippen LogP contribution in [0, 0.1) is 28.6 Å². The summed E-state index contributed by atoms with van der Waals surface area (Å²) in [6.45, 7) is 11.7. The standard InChI is InChI=1S/C19H34N2O/c1-13(14-6-9-20-10-7-14)11-17(22)21-16-12-15-5-8-19(16,4)18(15,2)3/h13-16,20H,5-12H2,1-4H3,(H,21,22). The Bertz CT molecular complexity index is 427. The van der Waals surface area contributed by atoms with Crippen LogP contribution in [0.15, 0.2) is 0 Å². The molecular formula is C19H34N2O. The maximum absolute atomic E-state index is 12.6. The van der Waals surface area contributed by atoms with Crippen molar-refractivity contribution < 1.29 is 4.79 Å². The van der Waals surface area contributed by atoms with Crippen molar-refractivity contribution in [2.75, 3.05) is 13.1 Å². The SMILES string of the molecule is CC(CC(=O)NC1CC2CCC1(C)C2(C)C)C1CCNCC1. The molecule has 3 fully saturated rings. The van der Waals surface area contributed by atoms with E-state index in [1.54, 1.807) is 0 Å². The van der Waals surface area contributed by atoms with Crippen molar-refractivity contribution in [1.82, 2.24) is 10.6 Å². The molecule has 1 saturated heterocycles. The van der Waals surface area contributed by atoms with Crippen molar-refractivity contribution in [3.8, 4) is 0 Å². The summed E-state index contributed by atoms with van der Waals surface area (Å²) in [6, 6.07) is 0.397. The van der Waals surface area contributed by atoms with Gasteiger partial charge in [0.2, 0.25) is 5.91 Å². The minimum atomic E-state index is 0.292. The fraction of sp³-hybridized carbons (Fsp3) is 0.947. The van der Waals surface area contributed by atoms with Gasteiger partial charge in [-0.15, -0.1) is 0 Å². The van der Waals surface area contributed by atoms with Gasteiger partial charge in [-0.1, -0.05) is 27.7 Å². The first kappa shape index (κ1) is 16.3. The van der Waals surface area contributed by atoms with Gasteiger partial charge in [0.1, 0.15) is 0 Å². The number of hydrogen-bond acceptors (Lipinski definition) is 2. The number of rotatable bonds is 4. The van der Waals surface area contributed by atoms with E-state index in [2.05, 4.69) is 38.3 Å². The van der Waals surface area contributed by atoms with Crippen LogP contribution in [-0.4, -0.2) is 25.0 Å². The molecule has 0 aromatic heterocycles. The van der Waals surface area contributed by atoms with Crippen LogP contribution in [0.3, 0.4) is 0 Å². The van der Waals surface area contributed by atoms with Crippen molar-refractivity contribution >= 4 is 5.91 Å². The molecule has 4 unspecified atom stereocenters. The number of hydrogen-bond donors (Lipinski definition) is 2. The lowest BCUT2D eigenvalue weighted by atomic mass is 9.69. The van der Waals surface area contributed by atoms with Gasteiger partial charge in [0.15, 0.2) is 0 Å². The molecule has 0 radical (unpaired) electrons. The largest absolute Gasteiger partial charge is 0.353 e. The number of carbonyl (C=O) groups excluding carboxylic acids is 1. The highest BCUT2D eigenvalue weighted by Crippen LogP contribution is 2.65. The molecule has 3 aliphatic rings. The third kappa shape index (κ3) is 2.60. The van der Waals surface area contributed by atoms with Crippen LogP contribution in [0.1, 0.15) is 66.2 Å². The summed E-state index contributed by atoms with van der Waals surface area (Å²) in [6.07, 6.45) is 6.98. The molecule has 2 aliphatic carbocycles. The molecule has 1 amide bonds. The van der Waals surface area contributed by atoms with Crippen molar-refractivity contribution in [3.05, 3.63) is 0 Å². The van der Waals surface area contributed by atoms with E-state index < -0.39 is 0 Å². The molecule has 1 aliphatic heterocycles. The molecule has 0 spiro atoms. The Hall–Kier alpha value is -0.570. The Kier molecular flexibility index (Phi) is 4.30. The first-order valence-electron chi connectivity index (χ1n) is 9.34. The monoisotopic (exact) mass is 306 g/mol. The van der Waals surface area contributed by atoms with Crippen LogP contribution in [0.25, 0.3) is 0 Å². The van der Waals surface area contributed by atoms with E-state index in [0.29, 0.717) is 35.1 Å². The Morgan fingerprint density at radius 3 is 2.45 bits per heavy atom. The molecule has 2 bridgehead atoms. The molecule has 0 aromatic carbocycles. The normalized spacial score (nSPS) is 38.9. The Morgan fingerprint density at radius 1 is 1.23 bits per heavy atom. The minimum absolute atomic E-state index is 0.292. The van der Waals surface area contributed by atoms with E-state index in [4.69, 9.17) is 0 Å². The molecule has 2 N–H and O–H groups in total. The summed E-state index contributed by atoms with van der Waals surface area (Å²) >= 11 is 0. The second-order valence-corrected chi connectivity index (χ2v) is 9.00. The van der Waals surface area contributed by atoms with Gasteiger partial charge < -0.3 is 10.6 Å². The molecule has 3 rings (SSSR count). The zero-order valence-electron chi connectivity index (χ0n) is 14.9. The molecule has 3 nitrogen and oxygen atoms in total. The Balaban J connectivity index is 1.54. The zero-order chi connectivity index (χ0) is 16.0. The number of fused-ring (bicyclic) bond motifs is 2. The predicted octanol–water partition coefficient (Wildman–Crippen LogP) is 3.34. The Morgan fingerprint density at radius 2 is 1.91 bits per heavy atom. The van der Waals surface area contributed by atoms with Crippen LogP contribution in [0.4, 0.5) is 0 Å². The summed E-state index contributed by atoms with van der Waals surface area (Å²) in [5, 5.41) is 6.84. The lowest BCUT2D eigenvalue weighted by Crippen LogP contribution is -2.47. The lowest BCUT2D eigenvalue weighted by Gasteiger charge is -2.39. The second-order valence-electron chi connectivity index (χ2n) is 9.00. The van der Waals surface area contributed by atoms with E-state index in [1.807, 2.05) is 0 Å². The van der Waals surface area contributed by atoms with Gasteiger partial charge in [0.25, 0.3) is 0 Å². The van der Waals surface area contributed by atoms with Crippen LogP contribution >= 0.6 is 0 Å². The van der Waals surface area contributed by atoms with E-state index in [0.717, 1.165) is 24.9 Å². The molecule has 0 aromatic rings. The van der Waals surface area contributed by atoms with E-state index in [9.17, 15) is 4.79 Å². The maximum atomic E-state index is 12.6. The number of nitrogens with one attached hydrogen (secondary N) is 2. The zero-order valence-corrected chi connectivity index (χ0v) is 14.9. The van der Waals surface area contributed by atoms with Gasteiger partial charge in [-0.05, 0) is 73.8 Å². The van der Waals surface area contributed by atoms with Crippen molar-refractivity contribution in [1.29, 1.82) is 0 Å². The highest BCUT2D eigenvalue weighted by atomic mass is 16.1. The van der Waals surface area contributed by atoms with E-state index in [-0.39, 0.29) is 0 Å². The van der Waals surface area contributed by atoms with Crippen molar-refractivity contribution in [2.45, 2.75) is 72.3 Å². The average molecular weight is 306 g/mol. The molecule has 126 valence electrons. The van der Waals surface area contributed by atoms with Crippen LogP contribution in [0.5, 0.6) is 0 Å². The predicted molar refractivity (Wildman–Crippen MR) is 90.5 cm³/mol. The summed E-state index contributed by atoms with van der Waals surface area (Å²) < 4.78 is 0. The molecule has 2 saturated carbocycles. The number of piperidine rings is 1. The first-order chi connectivity index (χ1) is 10.3. The third-order valence-electron chi connectivity index (χ3n) is 7.83. The molecule has 1 heterocycles. The van der Waals surface area contributed by atoms with E-state index >= 15 is 0 Å². The summed E-state index contributed by atoms with van der Waals surface area (Å²) in [5.41, 5.74) is 0.678. The maximum Gasteiger partial charge on any atom is 0.220 e. The van der Waals surface area contributed by atoms with Crippen molar-refractivity contribution in [2.24, 2.45) is 28.6 Å².